The fourth-order valence-electron chi connectivity index (χ4n) is 11.2. The highest BCUT2D eigenvalue weighted by Gasteiger charge is 2.24. The summed E-state index contributed by atoms with van der Waals surface area (Å²) < 4.78 is 6.41. The monoisotopic (exact) mass is 997 g/mol. The Balaban J connectivity index is 0.984. The summed E-state index contributed by atoms with van der Waals surface area (Å²) >= 11 is 0. The average Bonchev–Trinajstić information content (AvgIpc) is 3.90. The van der Waals surface area contributed by atoms with Crippen molar-refractivity contribution in [2.45, 2.75) is 0 Å². The Labute approximate surface area is 454 Å². The zero-order valence-electron chi connectivity index (χ0n) is 42.7. The second-order valence-corrected chi connectivity index (χ2v) is 19.7. The molecule has 0 aliphatic heterocycles. The van der Waals surface area contributed by atoms with Gasteiger partial charge in [-0.05, 0) is 147 Å². The van der Waals surface area contributed by atoms with Crippen molar-refractivity contribution in [3.05, 3.63) is 309 Å². The third kappa shape index (κ3) is 8.67. The molecule has 0 saturated heterocycles. The predicted octanol–water partition coefficient (Wildman–Crippen LogP) is 21.3. The van der Waals surface area contributed by atoms with Gasteiger partial charge in [-0.2, -0.15) is 0 Å². The van der Waals surface area contributed by atoms with Crippen molar-refractivity contribution in [3.63, 3.8) is 0 Å². The molecule has 0 aliphatic rings. The molecule has 0 amide bonds. The number of furan rings is 1. The molecule has 368 valence electrons. The van der Waals surface area contributed by atoms with Crippen LogP contribution in [0.4, 0.5) is 51.2 Å². The van der Waals surface area contributed by atoms with E-state index in [1.54, 1.807) is 0 Å². The van der Waals surface area contributed by atoms with Gasteiger partial charge in [-0.25, -0.2) is 0 Å². The molecule has 4 nitrogen and oxygen atoms in total. The van der Waals surface area contributed by atoms with Crippen molar-refractivity contribution in [2.24, 2.45) is 0 Å². The Morgan fingerprint density at radius 3 is 0.962 bits per heavy atom. The van der Waals surface area contributed by atoms with Crippen LogP contribution in [0.1, 0.15) is 0 Å². The molecule has 0 radical (unpaired) electrons. The predicted molar refractivity (Wildman–Crippen MR) is 329 cm³/mol. The molecule has 0 spiro atoms. The van der Waals surface area contributed by atoms with Crippen LogP contribution in [0.3, 0.4) is 0 Å². The summed E-state index contributed by atoms with van der Waals surface area (Å²) in [5, 5.41) is 6.86. The quantitative estimate of drug-likeness (QED) is 0.122. The SMILES string of the molecule is c1ccc(-c2ccc(N(c3ccc(-c4ccc5oc6ccc(-c7ccccc7)cc6c5c4)cc3)c3cc(N(c4ccccc4)c4cccc5ccccc45)cc(N(c4ccccc4)c4cccc5ccccc45)c3)cc2)cc1. The number of hydrogen-bond donors (Lipinski definition) is 0. The van der Waals surface area contributed by atoms with Crippen molar-refractivity contribution in [3.8, 4) is 33.4 Å². The number of fused-ring (bicyclic) bond motifs is 5. The largest absolute Gasteiger partial charge is 0.456 e. The maximum atomic E-state index is 6.41. The summed E-state index contributed by atoms with van der Waals surface area (Å²) in [5.41, 5.74) is 18.0. The minimum Gasteiger partial charge on any atom is -0.456 e. The first-order valence-corrected chi connectivity index (χ1v) is 26.6. The fraction of sp³-hybridized carbons (Fsp3) is 0. The second kappa shape index (κ2) is 20.0. The lowest BCUT2D eigenvalue weighted by atomic mass is 10.00. The van der Waals surface area contributed by atoms with E-state index >= 15 is 0 Å². The molecule has 1 aromatic heterocycles. The van der Waals surface area contributed by atoms with Crippen molar-refractivity contribution in [1.29, 1.82) is 0 Å². The Hall–Kier alpha value is -10.4. The minimum atomic E-state index is 0.873. The van der Waals surface area contributed by atoms with E-state index in [0.717, 1.165) is 106 Å². The van der Waals surface area contributed by atoms with E-state index in [0.29, 0.717) is 0 Å². The van der Waals surface area contributed by atoms with E-state index in [1.807, 2.05) is 0 Å². The van der Waals surface area contributed by atoms with E-state index in [1.165, 1.54) is 21.9 Å². The lowest BCUT2D eigenvalue weighted by Crippen LogP contribution is -2.16. The molecule has 0 saturated carbocycles. The molecule has 1 heterocycles. The zero-order chi connectivity index (χ0) is 51.8. The average molecular weight is 998 g/mol. The van der Waals surface area contributed by atoms with Crippen LogP contribution in [0, 0.1) is 0 Å². The normalized spacial score (nSPS) is 11.3. The molecule has 14 rings (SSSR count). The third-order valence-corrected chi connectivity index (χ3v) is 15.0. The van der Waals surface area contributed by atoms with Gasteiger partial charge in [-0.1, -0.05) is 206 Å². The zero-order valence-corrected chi connectivity index (χ0v) is 42.7. The van der Waals surface area contributed by atoms with Gasteiger partial charge in [-0.3, -0.25) is 0 Å². The first-order chi connectivity index (χ1) is 38.7. The molecule has 0 N–H and O–H groups in total. The Morgan fingerprint density at radius 1 is 0.192 bits per heavy atom. The lowest BCUT2D eigenvalue weighted by Gasteiger charge is -2.33. The van der Waals surface area contributed by atoms with E-state index < -0.39 is 0 Å². The van der Waals surface area contributed by atoms with Gasteiger partial charge in [0.25, 0.3) is 0 Å². The maximum absolute atomic E-state index is 6.41. The van der Waals surface area contributed by atoms with E-state index in [2.05, 4.69) is 324 Å². The highest BCUT2D eigenvalue weighted by molar-refractivity contribution is 6.08. The van der Waals surface area contributed by atoms with Crippen LogP contribution in [0.15, 0.2) is 314 Å². The Morgan fingerprint density at radius 2 is 0.513 bits per heavy atom. The molecule has 13 aromatic carbocycles. The van der Waals surface area contributed by atoms with Gasteiger partial charge in [0.2, 0.25) is 0 Å². The van der Waals surface area contributed by atoms with Gasteiger partial charge in [-0.15, -0.1) is 0 Å². The fourth-order valence-corrected chi connectivity index (χ4v) is 11.2. The van der Waals surface area contributed by atoms with Gasteiger partial charge in [0.1, 0.15) is 11.2 Å². The third-order valence-electron chi connectivity index (χ3n) is 15.0. The number of para-hydroxylation sites is 2. The first-order valence-electron chi connectivity index (χ1n) is 26.6. The first kappa shape index (κ1) is 46.1. The minimum absolute atomic E-state index is 0.873. The van der Waals surface area contributed by atoms with Crippen molar-refractivity contribution in [1.82, 2.24) is 0 Å². The Kier molecular flexibility index (Phi) is 11.8. The number of rotatable bonds is 12. The van der Waals surface area contributed by atoms with E-state index in [4.69, 9.17) is 4.42 Å². The summed E-state index contributed by atoms with van der Waals surface area (Å²) in [7, 11) is 0. The molecule has 0 aliphatic carbocycles. The van der Waals surface area contributed by atoms with Crippen LogP contribution in [-0.2, 0) is 0 Å². The summed E-state index contributed by atoms with van der Waals surface area (Å²) in [6.07, 6.45) is 0. The molecule has 0 atom stereocenters. The number of hydrogen-bond acceptors (Lipinski definition) is 4. The van der Waals surface area contributed by atoms with Gasteiger partial charge in [0.05, 0.1) is 28.4 Å². The van der Waals surface area contributed by atoms with Gasteiger partial charge in [0.15, 0.2) is 0 Å². The lowest BCUT2D eigenvalue weighted by molar-refractivity contribution is 0.669. The van der Waals surface area contributed by atoms with Crippen molar-refractivity contribution >= 4 is 94.7 Å². The summed E-state index contributed by atoms with van der Waals surface area (Å²) in [6, 6.07) is 111. The highest BCUT2D eigenvalue weighted by atomic mass is 16.3. The molecule has 4 heteroatoms. The topological polar surface area (TPSA) is 22.9 Å². The molecular weight excluding hydrogens is 947 g/mol. The standard InChI is InChI=1S/C74H51N3O/c1-5-19-52(20-6-1)54-35-41-62(42-36-54)75(63-43-37-55(38-44-63)59-40-46-74-70(48-59)69-47-58(39-45-73(69)78-74)53-21-7-2-8-22-53)64-49-65(76(60-27-9-3-10-28-60)71-33-17-25-56-23-13-15-31-67(56)71)51-66(50-64)77(61-29-11-4-12-30-61)72-34-18-26-57-24-14-16-32-68(57)72/h1-51H. The smallest absolute Gasteiger partial charge is 0.135 e. The molecule has 0 bridgehead atoms. The maximum Gasteiger partial charge on any atom is 0.135 e. The van der Waals surface area contributed by atoms with Crippen LogP contribution >= 0.6 is 0 Å². The van der Waals surface area contributed by atoms with Crippen LogP contribution in [0.5, 0.6) is 0 Å². The molecule has 0 unspecified atom stereocenters. The summed E-state index contributed by atoms with van der Waals surface area (Å²) in [6.45, 7) is 0. The number of anilines is 9. The van der Waals surface area contributed by atoms with Gasteiger partial charge >= 0.3 is 0 Å². The van der Waals surface area contributed by atoms with Crippen LogP contribution in [-0.4, -0.2) is 0 Å². The highest BCUT2D eigenvalue weighted by Crippen LogP contribution is 2.48. The number of nitrogens with zero attached hydrogens (tertiary/aromatic N) is 3. The summed E-state index contributed by atoms with van der Waals surface area (Å²) in [5.74, 6) is 0. The van der Waals surface area contributed by atoms with E-state index in [-0.39, 0.29) is 0 Å². The van der Waals surface area contributed by atoms with Crippen LogP contribution in [0.2, 0.25) is 0 Å². The van der Waals surface area contributed by atoms with Gasteiger partial charge < -0.3 is 19.1 Å². The second-order valence-electron chi connectivity index (χ2n) is 19.7. The van der Waals surface area contributed by atoms with E-state index in [9.17, 15) is 0 Å². The molecule has 0 fully saturated rings. The van der Waals surface area contributed by atoms with Crippen molar-refractivity contribution < 1.29 is 4.42 Å². The summed E-state index contributed by atoms with van der Waals surface area (Å²) in [4.78, 5) is 7.24. The molecule has 78 heavy (non-hydrogen) atoms. The Bertz CT molecular complexity index is 4270. The van der Waals surface area contributed by atoms with Crippen LogP contribution in [0.25, 0.3) is 76.9 Å². The van der Waals surface area contributed by atoms with Crippen molar-refractivity contribution in [2.75, 3.05) is 14.7 Å². The molecule has 14 aromatic rings. The van der Waals surface area contributed by atoms with Gasteiger partial charge in [0, 0.05) is 44.3 Å². The van der Waals surface area contributed by atoms with Crippen LogP contribution < -0.4 is 14.7 Å². The number of benzene rings is 13. The molecular formula is C74H51N3O.